The van der Waals surface area contributed by atoms with Gasteiger partial charge in [0.05, 0.1) is 6.54 Å². The van der Waals surface area contributed by atoms with Crippen molar-refractivity contribution in [1.82, 2.24) is 10.2 Å². The van der Waals surface area contributed by atoms with E-state index in [9.17, 15) is 4.79 Å². The van der Waals surface area contributed by atoms with Crippen LogP contribution in [-0.2, 0) is 17.9 Å². The molecule has 1 amide bonds. The van der Waals surface area contributed by atoms with E-state index in [1.54, 1.807) is 0 Å². The van der Waals surface area contributed by atoms with Crippen LogP contribution in [0.4, 0.5) is 0 Å². The summed E-state index contributed by atoms with van der Waals surface area (Å²) in [5.74, 6) is 0.758. The van der Waals surface area contributed by atoms with Crippen LogP contribution in [0.1, 0.15) is 69.4 Å². The van der Waals surface area contributed by atoms with Gasteiger partial charge >= 0.3 is 0 Å². The van der Waals surface area contributed by atoms with Crippen molar-refractivity contribution in [1.29, 1.82) is 0 Å². The standard InChI is InChI=1S/C21H34N4O/c1-2-3-4-5-6-9-14-23-21(22)24-16-18-11-7-8-12-19(18)17-25-15-10-13-20(25)26/h7-8,11-12H,2-6,9-10,13-17H2,1H3,(H3,22,23,24). The largest absolute Gasteiger partial charge is 0.370 e. The Labute approximate surface area is 158 Å². The normalized spacial score (nSPS) is 14.9. The first kappa shape index (κ1) is 20.3. The number of likely N-dealkylation sites (tertiary alicyclic amines) is 1. The lowest BCUT2D eigenvalue weighted by Gasteiger charge is -2.17. The van der Waals surface area contributed by atoms with Crippen molar-refractivity contribution >= 4 is 11.9 Å². The quantitative estimate of drug-likeness (QED) is 0.361. The van der Waals surface area contributed by atoms with E-state index in [1.807, 2.05) is 17.0 Å². The number of hydrogen-bond acceptors (Lipinski definition) is 2. The predicted molar refractivity (Wildman–Crippen MR) is 108 cm³/mol. The van der Waals surface area contributed by atoms with Crippen LogP contribution in [0.15, 0.2) is 29.3 Å². The molecule has 2 rings (SSSR count). The summed E-state index contributed by atoms with van der Waals surface area (Å²) in [5, 5.41) is 3.21. The monoisotopic (exact) mass is 358 g/mol. The van der Waals surface area contributed by atoms with Crippen molar-refractivity contribution < 1.29 is 4.79 Å². The lowest BCUT2D eigenvalue weighted by atomic mass is 10.1. The molecule has 5 heteroatoms. The van der Waals surface area contributed by atoms with Gasteiger partial charge in [0.1, 0.15) is 0 Å². The number of aliphatic imine (C=N–C) groups is 1. The second-order valence-corrected chi connectivity index (χ2v) is 7.08. The number of amides is 1. The van der Waals surface area contributed by atoms with Crippen molar-refractivity contribution in [2.75, 3.05) is 13.1 Å². The van der Waals surface area contributed by atoms with Crippen LogP contribution in [0.3, 0.4) is 0 Å². The lowest BCUT2D eigenvalue weighted by Crippen LogP contribution is -2.32. The molecular formula is C21H34N4O. The summed E-state index contributed by atoms with van der Waals surface area (Å²) in [5.41, 5.74) is 8.29. The third-order valence-electron chi connectivity index (χ3n) is 4.91. The van der Waals surface area contributed by atoms with E-state index in [1.165, 1.54) is 32.1 Å². The van der Waals surface area contributed by atoms with E-state index in [0.29, 0.717) is 25.5 Å². The molecule has 0 unspecified atom stereocenters. The Bertz CT molecular complexity index is 585. The Morgan fingerprint density at radius 3 is 2.62 bits per heavy atom. The molecule has 0 bridgehead atoms. The first-order chi connectivity index (χ1) is 12.7. The Kier molecular flexibility index (Phi) is 9.01. The van der Waals surface area contributed by atoms with E-state index < -0.39 is 0 Å². The number of nitrogens with zero attached hydrogens (tertiary/aromatic N) is 2. The zero-order valence-corrected chi connectivity index (χ0v) is 16.2. The van der Waals surface area contributed by atoms with Gasteiger partial charge in [-0.2, -0.15) is 0 Å². The molecule has 0 radical (unpaired) electrons. The molecule has 0 aromatic heterocycles. The van der Waals surface area contributed by atoms with Crippen molar-refractivity contribution in [2.24, 2.45) is 10.7 Å². The fourth-order valence-electron chi connectivity index (χ4n) is 3.29. The highest BCUT2D eigenvalue weighted by Gasteiger charge is 2.20. The molecule has 3 N–H and O–H groups in total. The number of hydrogen-bond donors (Lipinski definition) is 2. The molecule has 1 aromatic rings. The molecule has 1 aromatic carbocycles. The minimum Gasteiger partial charge on any atom is -0.370 e. The van der Waals surface area contributed by atoms with Gasteiger partial charge in [0.15, 0.2) is 5.96 Å². The lowest BCUT2D eigenvalue weighted by molar-refractivity contribution is -0.128. The van der Waals surface area contributed by atoms with Crippen molar-refractivity contribution in [3.05, 3.63) is 35.4 Å². The van der Waals surface area contributed by atoms with Gasteiger partial charge in [-0.1, -0.05) is 63.3 Å². The molecule has 0 saturated carbocycles. The molecular weight excluding hydrogens is 324 g/mol. The van der Waals surface area contributed by atoms with E-state index in [0.717, 1.165) is 37.1 Å². The minimum atomic E-state index is 0.253. The van der Waals surface area contributed by atoms with E-state index in [-0.39, 0.29) is 5.91 Å². The van der Waals surface area contributed by atoms with Gasteiger partial charge < -0.3 is 16.0 Å². The molecule has 1 heterocycles. The maximum atomic E-state index is 11.9. The Morgan fingerprint density at radius 2 is 1.88 bits per heavy atom. The average Bonchev–Trinajstić information content (AvgIpc) is 3.05. The smallest absolute Gasteiger partial charge is 0.222 e. The van der Waals surface area contributed by atoms with Crippen LogP contribution in [0.25, 0.3) is 0 Å². The third-order valence-corrected chi connectivity index (χ3v) is 4.91. The van der Waals surface area contributed by atoms with Gasteiger partial charge in [0.25, 0.3) is 0 Å². The summed E-state index contributed by atoms with van der Waals surface area (Å²) in [7, 11) is 0. The van der Waals surface area contributed by atoms with Crippen LogP contribution in [0, 0.1) is 0 Å². The van der Waals surface area contributed by atoms with Crippen molar-refractivity contribution in [3.63, 3.8) is 0 Å². The maximum Gasteiger partial charge on any atom is 0.222 e. The van der Waals surface area contributed by atoms with Crippen LogP contribution < -0.4 is 11.1 Å². The highest BCUT2D eigenvalue weighted by Crippen LogP contribution is 2.17. The average molecular weight is 359 g/mol. The zero-order valence-electron chi connectivity index (χ0n) is 16.2. The molecule has 1 aliphatic heterocycles. The number of carbonyl (C=O) groups excluding carboxylic acids is 1. The van der Waals surface area contributed by atoms with Gasteiger partial charge in [0.2, 0.25) is 5.91 Å². The number of unbranched alkanes of at least 4 members (excludes halogenated alkanes) is 5. The molecule has 0 aliphatic carbocycles. The minimum absolute atomic E-state index is 0.253. The van der Waals surface area contributed by atoms with Gasteiger partial charge in [-0.05, 0) is 24.0 Å². The van der Waals surface area contributed by atoms with Gasteiger partial charge in [-0.25, -0.2) is 4.99 Å². The molecule has 26 heavy (non-hydrogen) atoms. The number of nitrogens with two attached hydrogens (primary N) is 1. The molecule has 0 spiro atoms. The molecule has 0 atom stereocenters. The fraction of sp³-hybridized carbons (Fsp3) is 0.619. The van der Waals surface area contributed by atoms with Gasteiger partial charge in [0, 0.05) is 26.1 Å². The van der Waals surface area contributed by atoms with E-state index in [2.05, 4.69) is 29.4 Å². The SMILES string of the molecule is CCCCCCCCNC(N)=NCc1ccccc1CN1CCCC1=O. The maximum absolute atomic E-state index is 11.9. The van der Waals surface area contributed by atoms with Gasteiger partial charge in [-0.15, -0.1) is 0 Å². The first-order valence-corrected chi connectivity index (χ1v) is 10.1. The van der Waals surface area contributed by atoms with Crippen molar-refractivity contribution in [2.45, 2.75) is 71.4 Å². The topological polar surface area (TPSA) is 70.7 Å². The van der Waals surface area contributed by atoms with Crippen LogP contribution in [0.2, 0.25) is 0 Å². The summed E-state index contributed by atoms with van der Waals surface area (Å²) < 4.78 is 0. The summed E-state index contributed by atoms with van der Waals surface area (Å²) in [6, 6.07) is 8.18. The number of benzene rings is 1. The second-order valence-electron chi connectivity index (χ2n) is 7.08. The molecule has 1 saturated heterocycles. The molecule has 144 valence electrons. The number of rotatable bonds is 11. The molecule has 1 fully saturated rings. The summed E-state index contributed by atoms with van der Waals surface area (Å²) in [6.07, 6.45) is 9.26. The number of guanidine groups is 1. The predicted octanol–water partition coefficient (Wildman–Crippen LogP) is 3.57. The summed E-state index contributed by atoms with van der Waals surface area (Å²) in [4.78, 5) is 18.3. The number of nitrogens with one attached hydrogen (secondary N) is 1. The molecule has 1 aliphatic rings. The Morgan fingerprint density at radius 1 is 1.15 bits per heavy atom. The summed E-state index contributed by atoms with van der Waals surface area (Å²) in [6.45, 7) is 5.20. The summed E-state index contributed by atoms with van der Waals surface area (Å²) >= 11 is 0. The van der Waals surface area contributed by atoms with E-state index in [4.69, 9.17) is 5.73 Å². The zero-order chi connectivity index (χ0) is 18.6. The van der Waals surface area contributed by atoms with Crippen LogP contribution in [-0.4, -0.2) is 29.9 Å². The van der Waals surface area contributed by atoms with E-state index >= 15 is 0 Å². The highest BCUT2D eigenvalue weighted by atomic mass is 16.2. The molecule has 5 nitrogen and oxygen atoms in total. The van der Waals surface area contributed by atoms with Crippen LogP contribution in [0.5, 0.6) is 0 Å². The number of carbonyl (C=O) groups is 1. The second kappa shape index (κ2) is 11.6. The first-order valence-electron chi connectivity index (χ1n) is 10.1. The fourth-order valence-corrected chi connectivity index (χ4v) is 3.29. The van der Waals surface area contributed by atoms with Crippen LogP contribution >= 0.6 is 0 Å². The van der Waals surface area contributed by atoms with Gasteiger partial charge in [-0.3, -0.25) is 4.79 Å². The van der Waals surface area contributed by atoms with Crippen molar-refractivity contribution in [3.8, 4) is 0 Å². The Balaban J connectivity index is 1.75. The Hall–Kier alpha value is -2.04. The highest BCUT2D eigenvalue weighted by molar-refractivity contribution is 5.78. The third kappa shape index (κ3) is 7.06.